The van der Waals surface area contributed by atoms with Crippen molar-refractivity contribution in [2.75, 3.05) is 0 Å². The molecule has 0 aliphatic heterocycles. The van der Waals surface area contributed by atoms with Gasteiger partial charge in [-0.3, -0.25) is 4.79 Å². The van der Waals surface area contributed by atoms with Crippen molar-refractivity contribution in [3.63, 3.8) is 0 Å². The predicted molar refractivity (Wildman–Crippen MR) is 102 cm³/mol. The molecule has 0 aliphatic rings. The summed E-state index contributed by atoms with van der Waals surface area (Å²) >= 11 is 0. The number of ether oxygens (including phenoxy) is 1. The van der Waals surface area contributed by atoms with E-state index >= 15 is 0 Å². The lowest BCUT2D eigenvalue weighted by Crippen LogP contribution is -2.18. The molecule has 2 rings (SSSR count). The van der Waals surface area contributed by atoms with E-state index in [0.29, 0.717) is 6.42 Å². The van der Waals surface area contributed by atoms with Crippen LogP contribution in [0.25, 0.3) is 0 Å². The summed E-state index contributed by atoms with van der Waals surface area (Å²) in [6.07, 6.45) is 0.0286. The SMILES string of the molecule is CCC(C)OC(=O)c1cc(C(=O)c2ccc(C(=O)O)c(C(=O)O)c2)ccc1C(=O)O. The highest BCUT2D eigenvalue weighted by atomic mass is 16.5. The molecule has 0 saturated carbocycles. The summed E-state index contributed by atoms with van der Waals surface area (Å²) in [4.78, 5) is 59.1. The summed E-state index contributed by atoms with van der Waals surface area (Å²) in [5.41, 5.74) is -1.97. The van der Waals surface area contributed by atoms with Crippen LogP contribution in [0.2, 0.25) is 0 Å². The lowest BCUT2D eigenvalue weighted by molar-refractivity contribution is 0.0328. The molecule has 0 saturated heterocycles. The van der Waals surface area contributed by atoms with Crippen molar-refractivity contribution in [2.45, 2.75) is 26.4 Å². The van der Waals surface area contributed by atoms with Gasteiger partial charge < -0.3 is 20.1 Å². The van der Waals surface area contributed by atoms with Gasteiger partial charge in [0.2, 0.25) is 0 Å². The zero-order valence-electron chi connectivity index (χ0n) is 16.0. The first kappa shape index (κ1) is 22.3. The molecule has 0 spiro atoms. The van der Waals surface area contributed by atoms with E-state index in [2.05, 4.69) is 0 Å². The molecule has 9 nitrogen and oxygen atoms in total. The number of carboxylic acids is 3. The molecule has 0 radical (unpaired) electrons. The van der Waals surface area contributed by atoms with Crippen molar-refractivity contribution in [3.05, 3.63) is 69.8 Å². The van der Waals surface area contributed by atoms with Gasteiger partial charge in [0.15, 0.2) is 5.78 Å². The Labute approximate surface area is 170 Å². The minimum atomic E-state index is -1.53. The van der Waals surface area contributed by atoms with Crippen LogP contribution < -0.4 is 0 Å². The monoisotopic (exact) mass is 414 g/mol. The van der Waals surface area contributed by atoms with Gasteiger partial charge in [-0.1, -0.05) is 19.1 Å². The largest absolute Gasteiger partial charge is 0.478 e. The smallest absolute Gasteiger partial charge is 0.339 e. The summed E-state index contributed by atoms with van der Waals surface area (Å²) in [7, 11) is 0. The van der Waals surface area contributed by atoms with Crippen molar-refractivity contribution < 1.29 is 44.0 Å². The van der Waals surface area contributed by atoms with Gasteiger partial charge in [0.25, 0.3) is 0 Å². The van der Waals surface area contributed by atoms with Gasteiger partial charge in [0.05, 0.1) is 28.4 Å². The molecule has 2 aromatic carbocycles. The maximum atomic E-state index is 12.8. The maximum Gasteiger partial charge on any atom is 0.339 e. The lowest BCUT2D eigenvalue weighted by atomic mass is 9.95. The van der Waals surface area contributed by atoms with E-state index in [9.17, 15) is 34.2 Å². The first-order valence-electron chi connectivity index (χ1n) is 8.80. The number of hydrogen-bond donors (Lipinski definition) is 3. The van der Waals surface area contributed by atoms with Crippen molar-refractivity contribution in [1.29, 1.82) is 0 Å². The van der Waals surface area contributed by atoms with Crippen molar-refractivity contribution in [1.82, 2.24) is 0 Å². The van der Waals surface area contributed by atoms with Crippen LogP contribution in [0.3, 0.4) is 0 Å². The topological polar surface area (TPSA) is 155 Å². The van der Waals surface area contributed by atoms with E-state index in [0.717, 1.165) is 30.3 Å². The second-order valence-corrected chi connectivity index (χ2v) is 6.39. The van der Waals surface area contributed by atoms with Crippen molar-refractivity contribution in [2.24, 2.45) is 0 Å². The second kappa shape index (κ2) is 8.99. The van der Waals surface area contributed by atoms with E-state index in [1.165, 1.54) is 6.07 Å². The summed E-state index contributed by atoms with van der Waals surface area (Å²) < 4.78 is 5.15. The maximum absolute atomic E-state index is 12.8. The number of carbonyl (C=O) groups excluding carboxylic acids is 2. The van der Waals surface area contributed by atoms with Crippen LogP contribution >= 0.6 is 0 Å². The van der Waals surface area contributed by atoms with Gasteiger partial charge in [0.1, 0.15) is 0 Å². The third-order valence-electron chi connectivity index (χ3n) is 4.36. The first-order chi connectivity index (χ1) is 14.1. The van der Waals surface area contributed by atoms with Crippen molar-refractivity contribution >= 4 is 29.7 Å². The quantitative estimate of drug-likeness (QED) is 0.436. The second-order valence-electron chi connectivity index (χ2n) is 6.39. The van der Waals surface area contributed by atoms with Crippen LogP contribution in [0.4, 0.5) is 0 Å². The predicted octanol–water partition coefficient (Wildman–Crippen LogP) is 2.97. The minimum Gasteiger partial charge on any atom is -0.478 e. The highest BCUT2D eigenvalue weighted by Gasteiger charge is 2.23. The molecular weight excluding hydrogens is 396 g/mol. The average molecular weight is 414 g/mol. The van der Waals surface area contributed by atoms with Crippen LogP contribution in [-0.4, -0.2) is 51.1 Å². The van der Waals surface area contributed by atoms with Crippen LogP contribution in [-0.2, 0) is 4.74 Å². The Kier molecular flexibility index (Phi) is 6.68. The number of carboxylic acid groups (broad SMARTS) is 3. The highest BCUT2D eigenvalue weighted by Crippen LogP contribution is 2.20. The Morgan fingerprint density at radius 3 is 1.63 bits per heavy atom. The fraction of sp³-hybridized carbons (Fsp3) is 0.190. The molecule has 1 unspecified atom stereocenters. The number of ketones is 1. The molecule has 2 aromatic rings. The van der Waals surface area contributed by atoms with Gasteiger partial charge in [-0.25, -0.2) is 19.2 Å². The van der Waals surface area contributed by atoms with Gasteiger partial charge in [0, 0.05) is 11.1 Å². The summed E-state index contributed by atoms with van der Waals surface area (Å²) in [5, 5.41) is 27.6. The summed E-state index contributed by atoms with van der Waals surface area (Å²) in [5.74, 6) is -6.01. The van der Waals surface area contributed by atoms with Gasteiger partial charge >= 0.3 is 23.9 Å². The lowest BCUT2D eigenvalue weighted by Gasteiger charge is -2.13. The van der Waals surface area contributed by atoms with E-state index in [1.54, 1.807) is 13.8 Å². The number of benzene rings is 2. The Balaban J connectivity index is 2.52. The molecule has 3 N–H and O–H groups in total. The zero-order valence-corrected chi connectivity index (χ0v) is 16.0. The number of carbonyl (C=O) groups is 5. The molecule has 0 aliphatic carbocycles. The molecule has 156 valence electrons. The number of aromatic carboxylic acids is 3. The molecule has 9 heteroatoms. The van der Waals surface area contributed by atoms with Gasteiger partial charge in [-0.15, -0.1) is 0 Å². The molecule has 30 heavy (non-hydrogen) atoms. The molecule has 0 amide bonds. The summed E-state index contributed by atoms with van der Waals surface area (Å²) in [6.45, 7) is 3.40. The standard InChI is InChI=1S/C21H18O9/c1-3-10(2)30-21(29)16-9-12(5-7-14(16)19(25)26)17(22)11-4-6-13(18(23)24)15(8-11)20(27)28/h4-10H,3H2,1-2H3,(H,23,24)(H,25,26)(H,27,28). The Morgan fingerprint density at radius 1 is 0.767 bits per heavy atom. The molecule has 0 bridgehead atoms. The number of rotatable bonds is 8. The van der Waals surface area contributed by atoms with Crippen molar-refractivity contribution in [3.8, 4) is 0 Å². The number of hydrogen-bond acceptors (Lipinski definition) is 6. The number of esters is 1. The van der Waals surface area contributed by atoms with E-state index in [1.807, 2.05) is 0 Å². The van der Waals surface area contributed by atoms with Gasteiger partial charge in [-0.05, 0) is 37.6 Å². The van der Waals surface area contributed by atoms with Crippen LogP contribution in [0.1, 0.15) is 77.6 Å². The average Bonchev–Trinajstić information content (AvgIpc) is 2.71. The van der Waals surface area contributed by atoms with Gasteiger partial charge in [-0.2, -0.15) is 0 Å². The van der Waals surface area contributed by atoms with E-state index in [4.69, 9.17) is 9.84 Å². The normalized spacial score (nSPS) is 11.4. The Bertz CT molecular complexity index is 1050. The molecule has 1 atom stereocenters. The Hall–Kier alpha value is -4.01. The minimum absolute atomic E-state index is 0.0875. The Morgan fingerprint density at radius 2 is 1.20 bits per heavy atom. The first-order valence-corrected chi connectivity index (χ1v) is 8.80. The fourth-order valence-electron chi connectivity index (χ4n) is 2.59. The van der Waals surface area contributed by atoms with E-state index in [-0.39, 0.29) is 22.3 Å². The van der Waals surface area contributed by atoms with Crippen LogP contribution in [0, 0.1) is 0 Å². The van der Waals surface area contributed by atoms with E-state index < -0.39 is 46.9 Å². The van der Waals surface area contributed by atoms with Crippen LogP contribution in [0.15, 0.2) is 36.4 Å². The van der Waals surface area contributed by atoms with Crippen LogP contribution in [0.5, 0.6) is 0 Å². The fourth-order valence-corrected chi connectivity index (χ4v) is 2.59. The highest BCUT2D eigenvalue weighted by molar-refractivity contribution is 6.13. The molecule has 0 fully saturated rings. The molecule has 0 heterocycles. The third kappa shape index (κ3) is 4.69. The zero-order chi connectivity index (χ0) is 22.6. The third-order valence-corrected chi connectivity index (χ3v) is 4.36. The molecular formula is C21H18O9. The summed E-state index contributed by atoms with van der Waals surface area (Å²) in [6, 6.07) is 6.35. The molecule has 0 aromatic heterocycles.